The number of aliphatic hydroxyl groups is 1. The van der Waals surface area contributed by atoms with Crippen molar-refractivity contribution in [2.75, 3.05) is 34.0 Å². The van der Waals surface area contributed by atoms with Crippen molar-refractivity contribution >= 4 is 17.3 Å². The second-order valence-electron chi connectivity index (χ2n) is 6.63. The van der Waals surface area contributed by atoms with E-state index >= 15 is 0 Å². The van der Waals surface area contributed by atoms with Gasteiger partial charge >= 0.3 is 0 Å². The van der Waals surface area contributed by atoms with Crippen molar-refractivity contribution in [3.8, 4) is 11.5 Å². The minimum Gasteiger partial charge on any atom is -0.497 e. The predicted octanol–water partition coefficient (Wildman–Crippen LogP) is 2.96. The Morgan fingerprint density at radius 2 is 1.94 bits per heavy atom. The van der Waals surface area contributed by atoms with E-state index in [0.29, 0.717) is 45.7 Å². The molecule has 2 aromatic carbocycles. The maximum atomic E-state index is 14.4. The molecule has 0 bridgehead atoms. The van der Waals surface area contributed by atoms with E-state index in [1.807, 2.05) is 12.1 Å². The molecule has 4 N–H and O–H groups in total. The van der Waals surface area contributed by atoms with Gasteiger partial charge in [-0.15, -0.1) is 0 Å². The van der Waals surface area contributed by atoms with E-state index < -0.39 is 5.82 Å². The summed E-state index contributed by atoms with van der Waals surface area (Å²) < 4.78 is 30.5. The van der Waals surface area contributed by atoms with Crippen LogP contribution in [-0.2, 0) is 11.3 Å². The summed E-state index contributed by atoms with van der Waals surface area (Å²) in [6.07, 6.45) is 1.78. The summed E-state index contributed by atoms with van der Waals surface area (Å²) in [6, 6.07) is 9.93. The molecule has 31 heavy (non-hydrogen) atoms. The normalized spacial score (nSPS) is 13.3. The van der Waals surface area contributed by atoms with Crippen LogP contribution in [-0.4, -0.2) is 39.1 Å². The molecule has 1 heterocycles. The lowest BCUT2D eigenvalue weighted by Gasteiger charge is -2.25. The highest BCUT2D eigenvalue weighted by atomic mass is 35.5. The van der Waals surface area contributed by atoms with Gasteiger partial charge in [-0.2, -0.15) is 0 Å². The molecule has 0 spiro atoms. The number of aliphatic hydroxyl groups excluding tert-OH is 1. The number of halogens is 2. The zero-order valence-corrected chi connectivity index (χ0v) is 18.1. The average Bonchev–Trinajstić information content (AvgIpc) is 2.79. The summed E-state index contributed by atoms with van der Waals surface area (Å²) in [6.45, 7) is 0.776. The largest absolute Gasteiger partial charge is 0.497 e. The first-order valence-electron chi connectivity index (χ1n) is 9.61. The molecule has 1 aliphatic heterocycles. The first kappa shape index (κ1) is 22.7. The minimum absolute atomic E-state index is 0.0820. The van der Waals surface area contributed by atoms with Crippen molar-refractivity contribution in [3.63, 3.8) is 0 Å². The fourth-order valence-corrected chi connectivity index (χ4v) is 3.20. The highest BCUT2D eigenvalue weighted by Crippen LogP contribution is 2.26. The van der Waals surface area contributed by atoms with Crippen molar-refractivity contribution in [3.05, 3.63) is 75.8 Å². The van der Waals surface area contributed by atoms with Gasteiger partial charge in [-0.05, 0) is 36.4 Å². The van der Waals surface area contributed by atoms with Crippen LogP contribution in [0.2, 0.25) is 5.02 Å². The van der Waals surface area contributed by atoms with Crippen molar-refractivity contribution in [1.82, 2.24) is 16.2 Å². The van der Waals surface area contributed by atoms with Gasteiger partial charge in [0.15, 0.2) is 0 Å². The summed E-state index contributed by atoms with van der Waals surface area (Å²) in [4.78, 5) is 0. The Morgan fingerprint density at radius 3 is 2.68 bits per heavy atom. The SMILES string of the molecule is COc1ccc(CNC2=C(COCCO)NNC(c3cc(Cl)ccc3F)=C2)c(OC)c1. The molecular weight excluding hydrogens is 425 g/mol. The van der Waals surface area contributed by atoms with Crippen LogP contribution in [0, 0.1) is 5.82 Å². The minimum atomic E-state index is -0.402. The maximum Gasteiger partial charge on any atom is 0.132 e. The lowest BCUT2D eigenvalue weighted by molar-refractivity contribution is 0.104. The Balaban J connectivity index is 1.87. The van der Waals surface area contributed by atoms with Crippen molar-refractivity contribution in [1.29, 1.82) is 0 Å². The predicted molar refractivity (Wildman–Crippen MR) is 117 cm³/mol. The van der Waals surface area contributed by atoms with E-state index in [4.69, 9.17) is 30.9 Å². The summed E-state index contributed by atoms with van der Waals surface area (Å²) >= 11 is 6.05. The zero-order valence-electron chi connectivity index (χ0n) is 17.3. The molecule has 0 fully saturated rings. The molecule has 2 aromatic rings. The molecule has 9 heteroatoms. The van der Waals surface area contributed by atoms with Crippen LogP contribution in [0.3, 0.4) is 0 Å². The molecule has 0 radical (unpaired) electrons. The number of allylic oxidation sites excluding steroid dienone is 1. The fraction of sp³-hybridized carbons (Fsp3) is 0.273. The molecular formula is C22H25ClFN3O4. The number of nitrogens with one attached hydrogen (secondary N) is 3. The van der Waals surface area contributed by atoms with Gasteiger partial charge in [0.2, 0.25) is 0 Å². The number of methoxy groups -OCH3 is 2. The van der Waals surface area contributed by atoms with E-state index in [9.17, 15) is 4.39 Å². The summed E-state index contributed by atoms with van der Waals surface area (Å²) in [5.74, 6) is 0.971. The van der Waals surface area contributed by atoms with Crippen molar-refractivity contribution in [2.24, 2.45) is 0 Å². The molecule has 166 valence electrons. The zero-order chi connectivity index (χ0) is 22.2. The number of ether oxygens (including phenoxy) is 3. The topological polar surface area (TPSA) is 84.0 Å². The maximum absolute atomic E-state index is 14.4. The Hall–Kier alpha value is -2.94. The van der Waals surface area contributed by atoms with E-state index in [1.54, 1.807) is 32.4 Å². The summed E-state index contributed by atoms with van der Waals surface area (Å²) in [5.41, 5.74) is 9.16. The van der Waals surface area contributed by atoms with Crippen LogP contribution in [0.1, 0.15) is 11.1 Å². The molecule has 0 atom stereocenters. The van der Waals surface area contributed by atoms with Gasteiger partial charge in [0.05, 0.1) is 51.1 Å². The lowest BCUT2D eigenvalue weighted by atomic mass is 10.1. The third kappa shape index (κ3) is 5.81. The van der Waals surface area contributed by atoms with Crippen LogP contribution in [0.15, 0.2) is 53.9 Å². The van der Waals surface area contributed by atoms with E-state index in [0.717, 1.165) is 5.56 Å². The van der Waals surface area contributed by atoms with Gasteiger partial charge in [-0.3, -0.25) is 0 Å². The Bertz CT molecular complexity index is 981. The standard InChI is InChI=1S/C22H25ClFN3O4/c1-29-16-5-3-14(22(10-16)30-2)12-25-20-11-19(17-9-15(23)4-6-18(17)24)26-27-21(20)13-31-8-7-28/h3-6,9-11,25-28H,7-8,12-13H2,1-2H3. The number of hydrogen-bond acceptors (Lipinski definition) is 7. The second kappa shape index (κ2) is 10.9. The first-order chi connectivity index (χ1) is 15.0. The quantitative estimate of drug-likeness (QED) is 0.415. The molecule has 0 unspecified atom stereocenters. The Kier molecular flexibility index (Phi) is 8.00. The third-order valence-corrected chi connectivity index (χ3v) is 4.86. The van der Waals surface area contributed by atoms with Gasteiger partial charge in [0.25, 0.3) is 0 Å². The number of benzene rings is 2. The molecule has 7 nitrogen and oxygen atoms in total. The monoisotopic (exact) mass is 449 g/mol. The Morgan fingerprint density at radius 1 is 1.10 bits per heavy atom. The summed E-state index contributed by atoms with van der Waals surface area (Å²) in [5, 5.41) is 12.7. The summed E-state index contributed by atoms with van der Waals surface area (Å²) in [7, 11) is 3.19. The third-order valence-electron chi connectivity index (χ3n) is 4.63. The molecule has 0 saturated carbocycles. The van der Waals surface area contributed by atoms with Crippen LogP contribution >= 0.6 is 11.6 Å². The molecule has 0 saturated heterocycles. The molecule has 0 aliphatic carbocycles. The smallest absolute Gasteiger partial charge is 0.132 e. The van der Waals surface area contributed by atoms with Gasteiger partial charge in [-0.1, -0.05) is 11.6 Å². The number of rotatable bonds is 10. The molecule has 3 rings (SSSR count). The highest BCUT2D eigenvalue weighted by Gasteiger charge is 2.17. The average molecular weight is 450 g/mol. The lowest BCUT2D eigenvalue weighted by Crippen LogP contribution is -2.38. The van der Waals surface area contributed by atoms with Gasteiger partial charge in [-0.25, -0.2) is 4.39 Å². The van der Waals surface area contributed by atoms with Gasteiger partial charge in [0, 0.05) is 28.8 Å². The van der Waals surface area contributed by atoms with Gasteiger partial charge in [0.1, 0.15) is 17.3 Å². The van der Waals surface area contributed by atoms with E-state index in [1.165, 1.54) is 12.1 Å². The highest BCUT2D eigenvalue weighted by molar-refractivity contribution is 6.30. The molecule has 0 amide bonds. The van der Waals surface area contributed by atoms with Crippen molar-refractivity contribution < 1.29 is 23.7 Å². The van der Waals surface area contributed by atoms with Crippen LogP contribution < -0.4 is 25.6 Å². The van der Waals surface area contributed by atoms with E-state index in [2.05, 4.69) is 16.2 Å². The Labute approximate surface area is 185 Å². The second-order valence-corrected chi connectivity index (χ2v) is 7.07. The molecule has 0 aromatic heterocycles. The van der Waals surface area contributed by atoms with Crippen LogP contribution in [0.4, 0.5) is 4.39 Å². The number of hydrazine groups is 1. The van der Waals surface area contributed by atoms with Gasteiger partial charge < -0.3 is 35.5 Å². The molecule has 1 aliphatic rings. The van der Waals surface area contributed by atoms with Crippen molar-refractivity contribution in [2.45, 2.75) is 6.54 Å². The van der Waals surface area contributed by atoms with Crippen LogP contribution in [0.25, 0.3) is 5.70 Å². The fourth-order valence-electron chi connectivity index (χ4n) is 3.03. The first-order valence-corrected chi connectivity index (χ1v) is 9.99. The van der Waals surface area contributed by atoms with Crippen LogP contribution in [0.5, 0.6) is 11.5 Å². The number of hydrogen-bond donors (Lipinski definition) is 4. The van der Waals surface area contributed by atoms with E-state index in [-0.39, 0.29) is 19.8 Å².